The highest BCUT2D eigenvalue weighted by atomic mass is 16.5. The molecule has 2 atom stereocenters. The van der Waals surface area contributed by atoms with Gasteiger partial charge in [0.2, 0.25) is 5.91 Å². The van der Waals surface area contributed by atoms with Crippen LogP contribution in [-0.2, 0) is 14.3 Å². The Morgan fingerprint density at radius 1 is 1.50 bits per heavy atom. The van der Waals surface area contributed by atoms with Gasteiger partial charge in [-0.25, -0.2) is 0 Å². The number of rotatable bonds is 6. The van der Waals surface area contributed by atoms with E-state index in [0.717, 1.165) is 0 Å². The summed E-state index contributed by atoms with van der Waals surface area (Å²) in [6, 6.07) is -0.00317. The van der Waals surface area contributed by atoms with Crippen LogP contribution in [0.4, 0.5) is 0 Å². The number of aliphatic carboxylic acids is 1. The lowest BCUT2D eigenvalue weighted by atomic mass is 9.92. The Hall–Kier alpha value is -1.14. The fourth-order valence-electron chi connectivity index (χ4n) is 2.24. The lowest BCUT2D eigenvalue weighted by Gasteiger charge is -2.36. The predicted molar refractivity (Wildman–Crippen MR) is 66.3 cm³/mol. The van der Waals surface area contributed by atoms with Crippen molar-refractivity contribution in [3.8, 4) is 0 Å². The Morgan fingerprint density at radius 2 is 2.22 bits per heavy atom. The van der Waals surface area contributed by atoms with Crippen molar-refractivity contribution in [3.05, 3.63) is 0 Å². The maximum atomic E-state index is 11.9. The average molecular weight is 258 g/mol. The van der Waals surface area contributed by atoms with Gasteiger partial charge in [0.25, 0.3) is 0 Å². The normalized spacial score (nSPS) is 24.0. The van der Waals surface area contributed by atoms with Crippen molar-refractivity contribution >= 4 is 11.9 Å². The van der Waals surface area contributed by atoms with Crippen LogP contribution in [-0.4, -0.2) is 61.3 Å². The van der Waals surface area contributed by atoms with Crippen LogP contribution in [0.15, 0.2) is 0 Å². The number of amides is 1. The van der Waals surface area contributed by atoms with Gasteiger partial charge in [-0.15, -0.1) is 0 Å². The van der Waals surface area contributed by atoms with E-state index < -0.39 is 5.97 Å². The molecule has 6 heteroatoms. The Kier molecular flexibility index (Phi) is 6.07. The summed E-state index contributed by atoms with van der Waals surface area (Å²) < 4.78 is 4.88. The Morgan fingerprint density at radius 3 is 2.78 bits per heavy atom. The number of carboxylic acids is 1. The number of hydrogen-bond acceptors (Lipinski definition) is 4. The van der Waals surface area contributed by atoms with Crippen molar-refractivity contribution in [2.45, 2.75) is 25.8 Å². The minimum absolute atomic E-state index is 0.00317. The van der Waals surface area contributed by atoms with Gasteiger partial charge in [0.05, 0.1) is 19.1 Å². The first-order chi connectivity index (χ1) is 8.56. The van der Waals surface area contributed by atoms with Crippen molar-refractivity contribution in [3.63, 3.8) is 0 Å². The molecule has 1 fully saturated rings. The number of ether oxygens (including phenoxy) is 1. The molecule has 2 N–H and O–H groups in total. The molecule has 0 aromatic rings. The van der Waals surface area contributed by atoms with E-state index in [1.54, 1.807) is 12.0 Å². The molecule has 1 aliphatic heterocycles. The number of nitrogens with zero attached hydrogens (tertiary/aromatic N) is 1. The van der Waals surface area contributed by atoms with Gasteiger partial charge in [0.1, 0.15) is 0 Å². The number of carbonyl (C=O) groups excluding carboxylic acids is 1. The summed E-state index contributed by atoms with van der Waals surface area (Å²) in [4.78, 5) is 24.6. The van der Waals surface area contributed by atoms with Gasteiger partial charge in [0, 0.05) is 26.2 Å². The maximum Gasteiger partial charge on any atom is 0.306 e. The molecule has 1 rings (SSSR count). The van der Waals surface area contributed by atoms with Gasteiger partial charge in [-0.3, -0.25) is 9.59 Å². The zero-order valence-electron chi connectivity index (χ0n) is 11.0. The molecule has 0 aliphatic carbocycles. The number of carbonyl (C=O) groups is 2. The third-order valence-corrected chi connectivity index (χ3v) is 3.30. The lowest BCUT2D eigenvalue weighted by Crippen LogP contribution is -2.49. The van der Waals surface area contributed by atoms with Gasteiger partial charge in [-0.1, -0.05) is 0 Å². The van der Waals surface area contributed by atoms with E-state index in [2.05, 4.69) is 5.32 Å². The van der Waals surface area contributed by atoms with E-state index in [0.29, 0.717) is 32.5 Å². The van der Waals surface area contributed by atoms with E-state index in [9.17, 15) is 9.59 Å². The number of carboxylic acid groups (broad SMARTS) is 1. The molecule has 1 saturated heterocycles. The summed E-state index contributed by atoms with van der Waals surface area (Å²) in [6.45, 7) is 3.93. The quantitative estimate of drug-likeness (QED) is 0.652. The van der Waals surface area contributed by atoms with E-state index in [1.807, 2.05) is 6.92 Å². The van der Waals surface area contributed by atoms with Crippen molar-refractivity contribution in [2.24, 2.45) is 5.92 Å². The number of piperidine rings is 1. The molecule has 6 nitrogen and oxygen atoms in total. The average Bonchev–Trinajstić information content (AvgIpc) is 2.34. The van der Waals surface area contributed by atoms with Gasteiger partial charge < -0.3 is 20.1 Å². The van der Waals surface area contributed by atoms with E-state index in [4.69, 9.17) is 9.84 Å². The van der Waals surface area contributed by atoms with Crippen LogP contribution < -0.4 is 5.32 Å². The molecule has 1 heterocycles. The summed E-state index contributed by atoms with van der Waals surface area (Å²) in [7, 11) is 1.61. The highest BCUT2D eigenvalue weighted by Crippen LogP contribution is 2.22. The van der Waals surface area contributed by atoms with Gasteiger partial charge >= 0.3 is 5.97 Å². The first-order valence-corrected chi connectivity index (χ1v) is 6.28. The lowest BCUT2D eigenvalue weighted by molar-refractivity contribution is -0.147. The van der Waals surface area contributed by atoms with E-state index in [1.165, 1.54) is 0 Å². The van der Waals surface area contributed by atoms with Crippen molar-refractivity contribution in [1.29, 1.82) is 0 Å². The van der Waals surface area contributed by atoms with Crippen molar-refractivity contribution < 1.29 is 19.4 Å². The molecule has 18 heavy (non-hydrogen) atoms. The third kappa shape index (κ3) is 4.27. The Labute approximate surface area is 107 Å². The third-order valence-electron chi connectivity index (χ3n) is 3.30. The summed E-state index contributed by atoms with van der Waals surface area (Å²) in [5.74, 6) is -1.04. The molecule has 0 radical (unpaired) electrons. The largest absolute Gasteiger partial charge is 0.481 e. The molecule has 0 aromatic carbocycles. The van der Waals surface area contributed by atoms with Crippen molar-refractivity contribution in [2.75, 3.05) is 33.4 Å². The number of likely N-dealkylation sites (tertiary alicyclic amines) is 1. The Balaban J connectivity index is 2.34. The highest BCUT2D eigenvalue weighted by Gasteiger charge is 2.31. The second-order valence-corrected chi connectivity index (χ2v) is 4.67. The molecule has 0 bridgehead atoms. The number of hydrogen-bond donors (Lipinski definition) is 2. The first kappa shape index (κ1) is 14.9. The zero-order chi connectivity index (χ0) is 13.5. The van der Waals surface area contributed by atoms with E-state index >= 15 is 0 Å². The fourth-order valence-corrected chi connectivity index (χ4v) is 2.24. The first-order valence-electron chi connectivity index (χ1n) is 6.28. The number of nitrogens with one attached hydrogen (secondary N) is 1. The summed E-state index contributed by atoms with van der Waals surface area (Å²) in [5, 5.41) is 12.0. The summed E-state index contributed by atoms with van der Waals surface area (Å²) in [6.07, 6.45) is 1.09. The second kappa shape index (κ2) is 7.33. The minimum atomic E-state index is -0.757. The topological polar surface area (TPSA) is 78.9 Å². The van der Waals surface area contributed by atoms with Crippen LogP contribution in [0, 0.1) is 5.92 Å². The second-order valence-electron chi connectivity index (χ2n) is 4.67. The van der Waals surface area contributed by atoms with Crippen molar-refractivity contribution in [1.82, 2.24) is 10.2 Å². The zero-order valence-corrected chi connectivity index (χ0v) is 11.0. The standard InChI is InChI=1S/C12H22N2O4/c1-9-7-10(12(16)17)3-5-14(9)11(15)8-13-4-6-18-2/h9-10,13H,3-8H2,1-2H3,(H,16,17). The van der Waals surface area contributed by atoms with Crippen LogP contribution in [0.3, 0.4) is 0 Å². The molecule has 1 amide bonds. The molecule has 104 valence electrons. The summed E-state index contributed by atoms with van der Waals surface area (Å²) >= 11 is 0. The van der Waals surface area contributed by atoms with Crippen LogP contribution in [0.25, 0.3) is 0 Å². The Bertz CT molecular complexity index is 296. The van der Waals surface area contributed by atoms with Gasteiger partial charge in [-0.2, -0.15) is 0 Å². The smallest absolute Gasteiger partial charge is 0.306 e. The maximum absolute atomic E-state index is 11.9. The van der Waals surface area contributed by atoms with Gasteiger partial charge in [-0.05, 0) is 19.8 Å². The molecular weight excluding hydrogens is 236 g/mol. The van der Waals surface area contributed by atoms with Crippen LogP contribution in [0.5, 0.6) is 0 Å². The van der Waals surface area contributed by atoms with Gasteiger partial charge in [0.15, 0.2) is 0 Å². The molecule has 0 saturated carbocycles. The molecule has 0 aromatic heterocycles. The highest BCUT2D eigenvalue weighted by molar-refractivity contribution is 5.79. The molecule has 1 aliphatic rings. The summed E-state index contributed by atoms with van der Waals surface area (Å²) in [5.41, 5.74) is 0. The number of methoxy groups -OCH3 is 1. The molecule has 2 unspecified atom stereocenters. The van der Waals surface area contributed by atoms with E-state index in [-0.39, 0.29) is 24.4 Å². The SMILES string of the molecule is COCCNCC(=O)N1CCC(C(=O)O)CC1C. The minimum Gasteiger partial charge on any atom is -0.481 e. The fraction of sp³-hybridized carbons (Fsp3) is 0.833. The van der Waals surface area contributed by atoms with Crippen LogP contribution in [0.2, 0.25) is 0 Å². The molecule has 0 spiro atoms. The predicted octanol–water partition coefficient (Wildman–Crippen LogP) is -0.0659. The molecular formula is C12H22N2O4. The monoisotopic (exact) mass is 258 g/mol. The van der Waals surface area contributed by atoms with Crippen LogP contribution >= 0.6 is 0 Å². The van der Waals surface area contributed by atoms with Crippen LogP contribution in [0.1, 0.15) is 19.8 Å².